The average Bonchev–Trinajstić information content (AvgIpc) is 2.65. The van der Waals surface area contributed by atoms with Gasteiger partial charge >= 0.3 is 5.69 Å². The van der Waals surface area contributed by atoms with E-state index >= 15 is 0 Å². The molecule has 7 heteroatoms. The molecule has 0 spiro atoms. The molecule has 2 aromatic rings. The van der Waals surface area contributed by atoms with E-state index in [1.807, 2.05) is 13.0 Å². The third kappa shape index (κ3) is 2.87. The van der Waals surface area contributed by atoms with E-state index < -0.39 is 16.4 Å². The van der Waals surface area contributed by atoms with E-state index in [1.54, 1.807) is 11.7 Å². The normalized spacial score (nSPS) is 10.5. The van der Waals surface area contributed by atoms with E-state index in [-0.39, 0.29) is 12.4 Å². The molecule has 0 bridgehead atoms. The number of aryl methyl sites for hydroxylation is 2. The molecule has 0 fully saturated rings. The Bertz CT molecular complexity index is 625. The van der Waals surface area contributed by atoms with Gasteiger partial charge in [-0.15, -0.1) is 0 Å². The summed E-state index contributed by atoms with van der Waals surface area (Å²) in [6, 6.07) is 5.30. The number of halogens is 1. The third-order valence-electron chi connectivity index (χ3n) is 2.60. The summed E-state index contributed by atoms with van der Waals surface area (Å²) in [6.07, 6.45) is 0. The van der Waals surface area contributed by atoms with Gasteiger partial charge in [0.15, 0.2) is 0 Å². The summed E-state index contributed by atoms with van der Waals surface area (Å²) in [5.41, 5.74) is 1.12. The molecule has 0 saturated heterocycles. The lowest BCUT2D eigenvalue weighted by atomic mass is 10.3. The van der Waals surface area contributed by atoms with Crippen LogP contribution in [0.3, 0.4) is 0 Å². The Morgan fingerprint density at radius 2 is 2.21 bits per heavy atom. The number of aromatic nitrogens is 2. The summed E-state index contributed by atoms with van der Waals surface area (Å²) in [6.45, 7) is 2.07. The van der Waals surface area contributed by atoms with Gasteiger partial charge in [0.2, 0.25) is 5.82 Å². The Kier molecular flexibility index (Phi) is 3.46. The van der Waals surface area contributed by atoms with Gasteiger partial charge < -0.3 is 4.74 Å². The van der Waals surface area contributed by atoms with Crippen molar-refractivity contribution in [1.29, 1.82) is 0 Å². The van der Waals surface area contributed by atoms with E-state index in [1.165, 1.54) is 6.07 Å². The lowest BCUT2D eigenvalue weighted by Crippen LogP contribution is -2.03. The minimum absolute atomic E-state index is 0.217. The second-order valence-electron chi connectivity index (χ2n) is 4.06. The molecular weight excluding hydrogens is 253 g/mol. The minimum atomic E-state index is -0.913. The second kappa shape index (κ2) is 5.05. The van der Waals surface area contributed by atoms with Crippen LogP contribution in [0.5, 0.6) is 5.75 Å². The maximum absolute atomic E-state index is 13.4. The van der Waals surface area contributed by atoms with Crippen LogP contribution in [-0.4, -0.2) is 14.7 Å². The van der Waals surface area contributed by atoms with Crippen LogP contribution in [0.15, 0.2) is 24.3 Å². The topological polar surface area (TPSA) is 70.2 Å². The lowest BCUT2D eigenvalue weighted by molar-refractivity contribution is -0.387. The Hall–Kier alpha value is -2.44. The van der Waals surface area contributed by atoms with Crippen LogP contribution < -0.4 is 4.74 Å². The second-order valence-corrected chi connectivity index (χ2v) is 4.06. The van der Waals surface area contributed by atoms with Crippen LogP contribution in [0, 0.1) is 22.9 Å². The van der Waals surface area contributed by atoms with Crippen molar-refractivity contribution in [1.82, 2.24) is 9.78 Å². The number of ether oxygens (including phenoxy) is 1. The first-order valence-electron chi connectivity index (χ1n) is 5.53. The Morgan fingerprint density at radius 1 is 1.47 bits per heavy atom. The quantitative estimate of drug-likeness (QED) is 0.628. The van der Waals surface area contributed by atoms with Gasteiger partial charge in [0.1, 0.15) is 12.4 Å². The highest BCUT2D eigenvalue weighted by Crippen LogP contribution is 2.23. The van der Waals surface area contributed by atoms with Crippen molar-refractivity contribution in [2.45, 2.75) is 13.5 Å². The molecule has 0 atom stereocenters. The monoisotopic (exact) mass is 265 g/mol. The molecule has 0 aliphatic rings. The standard InChI is InChI=1S/C12H12FN3O3/c1-8-5-9(15(2)14-8)7-19-10-3-4-12(16(17)18)11(13)6-10/h3-6H,7H2,1-2H3. The highest BCUT2D eigenvalue weighted by atomic mass is 19.1. The summed E-state index contributed by atoms with van der Waals surface area (Å²) < 4.78 is 20.4. The van der Waals surface area contributed by atoms with Gasteiger partial charge in [0.05, 0.1) is 16.3 Å². The maximum atomic E-state index is 13.4. The lowest BCUT2D eigenvalue weighted by Gasteiger charge is -2.06. The SMILES string of the molecule is Cc1cc(COc2ccc([N+](=O)[O-])c(F)c2)n(C)n1. The summed E-state index contributed by atoms with van der Waals surface area (Å²) in [5, 5.41) is 14.6. The molecule has 1 aromatic heterocycles. The molecule has 0 N–H and O–H groups in total. The first-order valence-corrected chi connectivity index (χ1v) is 5.53. The van der Waals surface area contributed by atoms with Crippen molar-refractivity contribution in [2.24, 2.45) is 7.05 Å². The minimum Gasteiger partial charge on any atom is -0.487 e. The van der Waals surface area contributed by atoms with E-state index in [4.69, 9.17) is 4.74 Å². The van der Waals surface area contributed by atoms with Crippen molar-refractivity contribution in [3.05, 3.63) is 51.6 Å². The number of nitrogens with zero attached hydrogens (tertiary/aromatic N) is 3. The molecule has 0 saturated carbocycles. The molecule has 2 rings (SSSR count). The van der Waals surface area contributed by atoms with Crippen LogP contribution in [0.25, 0.3) is 0 Å². The third-order valence-corrected chi connectivity index (χ3v) is 2.60. The fourth-order valence-corrected chi connectivity index (χ4v) is 1.68. The van der Waals surface area contributed by atoms with E-state index in [0.717, 1.165) is 23.5 Å². The molecule has 0 aliphatic heterocycles. The van der Waals surface area contributed by atoms with Gasteiger partial charge in [0.25, 0.3) is 0 Å². The van der Waals surface area contributed by atoms with Gasteiger partial charge in [-0.25, -0.2) is 0 Å². The summed E-state index contributed by atoms with van der Waals surface area (Å²) in [4.78, 5) is 9.70. The number of rotatable bonds is 4. The zero-order chi connectivity index (χ0) is 14.0. The molecule has 0 unspecified atom stereocenters. The molecular formula is C12H12FN3O3. The van der Waals surface area contributed by atoms with Crippen molar-refractivity contribution < 1.29 is 14.1 Å². The van der Waals surface area contributed by atoms with Crippen molar-refractivity contribution >= 4 is 5.69 Å². The molecule has 19 heavy (non-hydrogen) atoms. The van der Waals surface area contributed by atoms with E-state index in [2.05, 4.69) is 5.10 Å². The van der Waals surface area contributed by atoms with Gasteiger partial charge in [-0.1, -0.05) is 0 Å². The highest BCUT2D eigenvalue weighted by molar-refractivity contribution is 5.38. The van der Waals surface area contributed by atoms with Gasteiger partial charge in [0, 0.05) is 19.2 Å². The number of hydrogen-bond acceptors (Lipinski definition) is 4. The highest BCUT2D eigenvalue weighted by Gasteiger charge is 2.14. The number of nitro groups is 1. The number of hydrogen-bond donors (Lipinski definition) is 0. The van der Waals surface area contributed by atoms with E-state index in [0.29, 0.717) is 0 Å². The first-order chi connectivity index (χ1) is 8.97. The predicted molar refractivity (Wildman–Crippen MR) is 65.3 cm³/mol. The Morgan fingerprint density at radius 3 is 2.74 bits per heavy atom. The molecule has 1 heterocycles. The van der Waals surface area contributed by atoms with Crippen molar-refractivity contribution in [3.63, 3.8) is 0 Å². The maximum Gasteiger partial charge on any atom is 0.305 e. The zero-order valence-corrected chi connectivity index (χ0v) is 10.5. The summed E-state index contributed by atoms with van der Waals surface area (Å²) in [7, 11) is 1.78. The van der Waals surface area contributed by atoms with Crippen molar-refractivity contribution in [2.75, 3.05) is 0 Å². The van der Waals surface area contributed by atoms with E-state index in [9.17, 15) is 14.5 Å². The van der Waals surface area contributed by atoms with Gasteiger partial charge in [-0.05, 0) is 19.1 Å². The summed E-state index contributed by atoms with van der Waals surface area (Å²) >= 11 is 0. The van der Waals surface area contributed by atoms with Gasteiger partial charge in [-0.3, -0.25) is 14.8 Å². The Labute approximate surface area is 108 Å². The summed E-state index contributed by atoms with van der Waals surface area (Å²) in [5.74, 6) is -0.675. The largest absolute Gasteiger partial charge is 0.487 e. The fourth-order valence-electron chi connectivity index (χ4n) is 1.68. The molecule has 0 aliphatic carbocycles. The first kappa shape index (κ1) is 13.0. The van der Waals surface area contributed by atoms with Gasteiger partial charge in [-0.2, -0.15) is 9.49 Å². The van der Waals surface area contributed by atoms with Crippen LogP contribution in [-0.2, 0) is 13.7 Å². The zero-order valence-electron chi connectivity index (χ0n) is 10.5. The molecule has 6 nitrogen and oxygen atoms in total. The molecule has 0 radical (unpaired) electrons. The molecule has 100 valence electrons. The average molecular weight is 265 g/mol. The fraction of sp³-hybridized carbons (Fsp3) is 0.250. The Balaban J connectivity index is 2.10. The number of benzene rings is 1. The number of nitro benzene ring substituents is 1. The molecule has 1 aromatic carbocycles. The van der Waals surface area contributed by atoms with Crippen molar-refractivity contribution in [3.8, 4) is 5.75 Å². The van der Waals surface area contributed by atoms with Crippen LogP contribution in [0.1, 0.15) is 11.4 Å². The van der Waals surface area contributed by atoms with Crippen LogP contribution in [0.4, 0.5) is 10.1 Å². The predicted octanol–water partition coefficient (Wildman–Crippen LogP) is 2.35. The molecule has 0 amide bonds. The smallest absolute Gasteiger partial charge is 0.305 e. The van der Waals surface area contributed by atoms with Crippen LogP contribution >= 0.6 is 0 Å². The van der Waals surface area contributed by atoms with Crippen LogP contribution in [0.2, 0.25) is 0 Å².